The topological polar surface area (TPSA) is 81.3 Å². The van der Waals surface area contributed by atoms with Crippen molar-refractivity contribution in [1.82, 2.24) is 14.7 Å². The Morgan fingerprint density at radius 1 is 1.07 bits per heavy atom. The standard InChI is InChI=1S/C23H22N4O3/c1-17-11-13-25(14-12-17)22(28)15-19-16-26(20-5-3-2-4-6-20)24-23(19)18-7-9-21(10-8-18)27(29)30/h2-10,16H,1,11-15H2. The number of piperidine rings is 1. The van der Waals surface area contributed by atoms with Crippen LogP contribution < -0.4 is 0 Å². The Morgan fingerprint density at radius 2 is 1.73 bits per heavy atom. The van der Waals surface area contributed by atoms with Gasteiger partial charge in [0.2, 0.25) is 5.91 Å². The molecule has 0 N–H and O–H groups in total. The van der Waals surface area contributed by atoms with Crippen LogP contribution in [0, 0.1) is 10.1 Å². The second-order valence-corrected chi connectivity index (χ2v) is 7.39. The fourth-order valence-electron chi connectivity index (χ4n) is 3.58. The number of rotatable bonds is 5. The van der Waals surface area contributed by atoms with Crippen molar-refractivity contribution >= 4 is 11.6 Å². The summed E-state index contributed by atoms with van der Waals surface area (Å²) in [6, 6.07) is 15.9. The van der Waals surface area contributed by atoms with Gasteiger partial charge in [-0.25, -0.2) is 4.68 Å². The summed E-state index contributed by atoms with van der Waals surface area (Å²) in [5, 5.41) is 15.7. The summed E-state index contributed by atoms with van der Waals surface area (Å²) in [5.74, 6) is 0.0540. The Bertz CT molecular complexity index is 1080. The third-order valence-corrected chi connectivity index (χ3v) is 5.33. The normalized spacial score (nSPS) is 14.0. The predicted molar refractivity (Wildman–Crippen MR) is 114 cm³/mol. The number of non-ortho nitro benzene ring substituents is 1. The molecule has 0 aliphatic carbocycles. The first-order chi connectivity index (χ1) is 14.5. The molecular formula is C23H22N4O3. The van der Waals surface area contributed by atoms with Gasteiger partial charge in [0.1, 0.15) is 0 Å². The molecule has 4 rings (SSSR count). The van der Waals surface area contributed by atoms with E-state index in [1.807, 2.05) is 41.4 Å². The molecule has 0 radical (unpaired) electrons. The van der Waals surface area contributed by atoms with Crippen LogP contribution in [0.2, 0.25) is 0 Å². The summed E-state index contributed by atoms with van der Waals surface area (Å²) >= 11 is 0. The summed E-state index contributed by atoms with van der Waals surface area (Å²) in [5.41, 5.74) is 4.28. The Kier molecular flexibility index (Phi) is 5.43. The number of hydrogen-bond donors (Lipinski definition) is 0. The first kappa shape index (κ1) is 19.6. The largest absolute Gasteiger partial charge is 0.342 e. The lowest BCUT2D eigenvalue weighted by molar-refractivity contribution is -0.384. The summed E-state index contributed by atoms with van der Waals surface area (Å²) < 4.78 is 1.75. The van der Waals surface area contributed by atoms with Crippen LogP contribution in [0.3, 0.4) is 0 Å². The first-order valence-electron chi connectivity index (χ1n) is 9.84. The predicted octanol–water partition coefficient (Wildman–Crippen LogP) is 4.17. The second-order valence-electron chi connectivity index (χ2n) is 7.39. The molecule has 1 saturated heterocycles. The molecule has 0 spiro atoms. The maximum absolute atomic E-state index is 12.9. The zero-order valence-corrected chi connectivity index (χ0v) is 16.5. The van der Waals surface area contributed by atoms with Crippen molar-refractivity contribution < 1.29 is 9.72 Å². The van der Waals surface area contributed by atoms with Gasteiger partial charge in [-0.05, 0) is 37.1 Å². The number of nitro groups is 1. The summed E-state index contributed by atoms with van der Waals surface area (Å²) in [6.45, 7) is 5.39. The van der Waals surface area contributed by atoms with E-state index in [-0.39, 0.29) is 18.0 Å². The Labute approximate surface area is 174 Å². The summed E-state index contributed by atoms with van der Waals surface area (Å²) in [7, 11) is 0. The van der Waals surface area contributed by atoms with E-state index < -0.39 is 4.92 Å². The number of aromatic nitrogens is 2. The van der Waals surface area contributed by atoms with Gasteiger partial charge in [-0.3, -0.25) is 14.9 Å². The van der Waals surface area contributed by atoms with E-state index in [1.54, 1.807) is 16.8 Å². The van der Waals surface area contributed by atoms with Crippen LogP contribution in [0.1, 0.15) is 18.4 Å². The van der Waals surface area contributed by atoms with E-state index >= 15 is 0 Å². The summed E-state index contributed by atoms with van der Waals surface area (Å²) in [4.78, 5) is 25.3. The molecular weight excluding hydrogens is 380 g/mol. The highest BCUT2D eigenvalue weighted by Gasteiger charge is 2.22. The number of nitro benzene ring substituents is 1. The Balaban J connectivity index is 1.67. The molecule has 0 saturated carbocycles. The molecule has 0 bridgehead atoms. The molecule has 2 aromatic carbocycles. The minimum absolute atomic E-state index is 0.0208. The SMILES string of the molecule is C=C1CCN(C(=O)Cc2cn(-c3ccccc3)nc2-c2ccc([N+](=O)[O-])cc2)CC1. The number of amides is 1. The zero-order chi connectivity index (χ0) is 21.1. The number of likely N-dealkylation sites (tertiary alicyclic amines) is 1. The van der Waals surface area contributed by atoms with E-state index in [4.69, 9.17) is 5.10 Å². The van der Waals surface area contributed by atoms with Crippen LogP contribution >= 0.6 is 0 Å². The van der Waals surface area contributed by atoms with Gasteiger partial charge in [-0.2, -0.15) is 5.10 Å². The molecule has 3 aromatic rings. The quantitative estimate of drug-likeness (QED) is 0.364. The second kappa shape index (κ2) is 8.32. The van der Waals surface area contributed by atoms with Gasteiger partial charge >= 0.3 is 0 Å². The number of para-hydroxylation sites is 1. The molecule has 1 aromatic heterocycles. The fraction of sp³-hybridized carbons (Fsp3) is 0.217. The van der Waals surface area contributed by atoms with Crippen LogP contribution in [0.5, 0.6) is 0 Å². The van der Waals surface area contributed by atoms with Gasteiger partial charge < -0.3 is 4.90 Å². The lowest BCUT2D eigenvalue weighted by Gasteiger charge is -2.28. The Hall–Kier alpha value is -3.74. The van der Waals surface area contributed by atoms with Crippen molar-refractivity contribution in [2.24, 2.45) is 0 Å². The van der Waals surface area contributed by atoms with Gasteiger partial charge in [0.05, 0.1) is 22.7 Å². The lowest BCUT2D eigenvalue weighted by Crippen LogP contribution is -2.37. The van der Waals surface area contributed by atoms with Crippen LogP contribution in [-0.2, 0) is 11.2 Å². The van der Waals surface area contributed by atoms with Crippen molar-refractivity contribution in [3.8, 4) is 16.9 Å². The number of carbonyl (C=O) groups is 1. The summed E-state index contributed by atoms with van der Waals surface area (Å²) in [6.07, 6.45) is 3.77. The van der Waals surface area contributed by atoms with Gasteiger partial charge in [0.25, 0.3) is 5.69 Å². The van der Waals surface area contributed by atoms with Gasteiger partial charge in [-0.1, -0.05) is 30.4 Å². The van der Waals surface area contributed by atoms with E-state index in [0.717, 1.165) is 29.7 Å². The molecule has 2 heterocycles. The average Bonchev–Trinajstić information content (AvgIpc) is 3.18. The highest BCUT2D eigenvalue weighted by atomic mass is 16.6. The first-order valence-corrected chi connectivity index (χ1v) is 9.84. The van der Waals surface area contributed by atoms with Gasteiger partial charge in [0.15, 0.2) is 0 Å². The van der Waals surface area contributed by atoms with E-state index in [2.05, 4.69) is 6.58 Å². The molecule has 1 fully saturated rings. The van der Waals surface area contributed by atoms with Crippen LogP contribution in [0.4, 0.5) is 5.69 Å². The molecule has 0 unspecified atom stereocenters. The van der Waals surface area contributed by atoms with E-state index in [0.29, 0.717) is 18.8 Å². The van der Waals surface area contributed by atoms with Gasteiger partial charge in [0, 0.05) is 42.5 Å². The Morgan fingerprint density at radius 3 is 2.37 bits per heavy atom. The molecule has 152 valence electrons. The third-order valence-electron chi connectivity index (χ3n) is 5.33. The van der Waals surface area contributed by atoms with Crippen molar-refractivity contribution in [2.75, 3.05) is 13.1 Å². The number of benzene rings is 2. The minimum atomic E-state index is -0.430. The maximum Gasteiger partial charge on any atom is 0.269 e. The van der Waals surface area contributed by atoms with E-state index in [1.165, 1.54) is 17.7 Å². The number of carbonyl (C=O) groups excluding carboxylic acids is 1. The molecule has 1 amide bonds. The van der Waals surface area contributed by atoms with Crippen molar-refractivity contribution in [3.63, 3.8) is 0 Å². The van der Waals surface area contributed by atoms with E-state index in [9.17, 15) is 14.9 Å². The molecule has 0 atom stereocenters. The van der Waals surface area contributed by atoms with Crippen molar-refractivity contribution in [2.45, 2.75) is 19.3 Å². The fourth-order valence-corrected chi connectivity index (χ4v) is 3.58. The minimum Gasteiger partial charge on any atom is -0.342 e. The van der Waals surface area contributed by atoms with Crippen molar-refractivity contribution in [3.05, 3.63) is 88.6 Å². The van der Waals surface area contributed by atoms with Crippen molar-refractivity contribution in [1.29, 1.82) is 0 Å². The third kappa shape index (κ3) is 4.15. The molecule has 30 heavy (non-hydrogen) atoms. The molecule has 7 nitrogen and oxygen atoms in total. The average molecular weight is 402 g/mol. The number of hydrogen-bond acceptors (Lipinski definition) is 4. The smallest absolute Gasteiger partial charge is 0.269 e. The highest BCUT2D eigenvalue weighted by Crippen LogP contribution is 2.27. The molecule has 7 heteroatoms. The van der Waals surface area contributed by atoms with Crippen LogP contribution in [0.15, 0.2) is 72.9 Å². The lowest BCUT2D eigenvalue weighted by atomic mass is 10.0. The molecule has 1 aliphatic rings. The maximum atomic E-state index is 12.9. The highest BCUT2D eigenvalue weighted by molar-refractivity contribution is 5.81. The van der Waals surface area contributed by atoms with Gasteiger partial charge in [-0.15, -0.1) is 0 Å². The van der Waals surface area contributed by atoms with Crippen LogP contribution in [-0.4, -0.2) is 38.6 Å². The molecule has 1 aliphatic heterocycles. The number of nitrogens with zero attached hydrogens (tertiary/aromatic N) is 4. The zero-order valence-electron chi connectivity index (χ0n) is 16.5. The van der Waals surface area contributed by atoms with Crippen LogP contribution in [0.25, 0.3) is 16.9 Å². The monoisotopic (exact) mass is 402 g/mol.